The summed E-state index contributed by atoms with van der Waals surface area (Å²) in [4.78, 5) is 24.1. The molecule has 32 heavy (non-hydrogen) atoms. The first-order chi connectivity index (χ1) is 15.7. The van der Waals surface area contributed by atoms with Crippen LogP contribution in [0.5, 0.6) is 0 Å². The van der Waals surface area contributed by atoms with Crippen molar-refractivity contribution >= 4 is 45.9 Å². The van der Waals surface area contributed by atoms with Gasteiger partial charge in [-0.1, -0.05) is 0 Å². The van der Waals surface area contributed by atoms with Crippen molar-refractivity contribution in [3.63, 3.8) is 0 Å². The van der Waals surface area contributed by atoms with Crippen LogP contribution < -0.4 is 16.0 Å². The van der Waals surface area contributed by atoms with Crippen LogP contribution in [0.4, 0.5) is 11.8 Å². The second kappa shape index (κ2) is 10.7. The Hall–Kier alpha value is -2.05. The van der Waals surface area contributed by atoms with Crippen LogP contribution in [0, 0.1) is 0 Å². The van der Waals surface area contributed by atoms with Crippen molar-refractivity contribution in [1.29, 1.82) is 0 Å². The number of hydrogen-bond acceptors (Lipinski definition) is 11. The van der Waals surface area contributed by atoms with Crippen molar-refractivity contribution in [3.05, 3.63) is 23.3 Å². The van der Waals surface area contributed by atoms with E-state index in [1.165, 1.54) is 4.88 Å². The second-order valence-electron chi connectivity index (χ2n) is 7.82. The molecule has 2 fully saturated rings. The molecule has 2 aliphatic heterocycles. The molecule has 0 aromatic carbocycles. The highest BCUT2D eigenvalue weighted by atomic mass is 32.1. The van der Waals surface area contributed by atoms with Gasteiger partial charge in [0.05, 0.1) is 29.0 Å². The zero-order valence-corrected chi connectivity index (χ0v) is 20.2. The predicted molar refractivity (Wildman–Crippen MR) is 134 cm³/mol. The van der Waals surface area contributed by atoms with E-state index in [1.54, 1.807) is 30.0 Å². The molecule has 5 rings (SSSR count). The molecule has 172 valence electrons. The second-order valence-corrected chi connectivity index (χ2v) is 8.95. The van der Waals surface area contributed by atoms with Crippen molar-refractivity contribution in [2.24, 2.45) is 0 Å². The normalized spacial score (nSPS) is 19.6. The van der Waals surface area contributed by atoms with Crippen LogP contribution in [0.2, 0.25) is 0 Å². The standard InChI is InChI=1S/C20H26N8OS.CH4S/c1-13-11-27(3-2-22-13)12-15-8-16-17(30-15)19(28-4-6-29-7-5-28)26-18(25-16)14-9-23-20(21)24-10-14;1-2/h8-10,13,22H,2-7,11-12H2,1H3,(H2,21,23,24);2H,1H3/t13-;/m0./s1. The quantitative estimate of drug-likeness (QED) is 0.489. The lowest BCUT2D eigenvalue weighted by Crippen LogP contribution is -2.48. The van der Waals surface area contributed by atoms with E-state index in [0.717, 1.165) is 60.9 Å². The Morgan fingerprint density at radius 3 is 2.66 bits per heavy atom. The summed E-state index contributed by atoms with van der Waals surface area (Å²) in [6, 6.07) is 2.73. The molecule has 0 spiro atoms. The molecule has 5 heterocycles. The molecule has 3 aromatic rings. The van der Waals surface area contributed by atoms with Gasteiger partial charge < -0.3 is 20.7 Å². The van der Waals surface area contributed by atoms with Gasteiger partial charge in [0.15, 0.2) is 11.6 Å². The Labute approximate surface area is 197 Å². The van der Waals surface area contributed by atoms with Gasteiger partial charge >= 0.3 is 0 Å². The average molecular weight is 475 g/mol. The topological polar surface area (TPSA) is 105 Å². The minimum absolute atomic E-state index is 0.247. The summed E-state index contributed by atoms with van der Waals surface area (Å²) in [7, 11) is 0. The van der Waals surface area contributed by atoms with Gasteiger partial charge in [0.25, 0.3) is 0 Å². The molecule has 0 saturated carbocycles. The number of nitrogens with zero attached hydrogens (tertiary/aromatic N) is 6. The Kier molecular flexibility index (Phi) is 7.74. The summed E-state index contributed by atoms with van der Waals surface area (Å²) in [6.07, 6.45) is 5.06. The van der Waals surface area contributed by atoms with Gasteiger partial charge in [0.2, 0.25) is 5.95 Å². The monoisotopic (exact) mass is 474 g/mol. The molecule has 2 saturated heterocycles. The molecule has 0 unspecified atom stereocenters. The van der Waals surface area contributed by atoms with Gasteiger partial charge in [-0.3, -0.25) is 4.90 Å². The first-order valence-electron chi connectivity index (χ1n) is 10.8. The van der Waals surface area contributed by atoms with Gasteiger partial charge in [-0.2, -0.15) is 12.6 Å². The molecule has 3 aromatic heterocycles. The zero-order chi connectivity index (χ0) is 22.5. The molecule has 0 radical (unpaired) electrons. The number of ether oxygens (including phenoxy) is 1. The highest BCUT2D eigenvalue weighted by molar-refractivity contribution is 7.79. The third-order valence-electron chi connectivity index (χ3n) is 5.48. The number of rotatable bonds is 4. The minimum Gasteiger partial charge on any atom is -0.378 e. The number of nitrogens with one attached hydrogen (secondary N) is 1. The number of thiophene rings is 1. The van der Waals surface area contributed by atoms with E-state index in [0.29, 0.717) is 25.1 Å². The minimum atomic E-state index is 0.247. The van der Waals surface area contributed by atoms with Crippen molar-refractivity contribution < 1.29 is 4.74 Å². The Balaban J connectivity index is 0.00000119. The van der Waals surface area contributed by atoms with Crippen LogP contribution in [0.3, 0.4) is 0 Å². The number of aromatic nitrogens is 4. The predicted octanol–water partition coefficient (Wildman–Crippen LogP) is 1.91. The maximum Gasteiger partial charge on any atom is 0.219 e. The van der Waals surface area contributed by atoms with Crippen molar-refractivity contribution in [3.8, 4) is 11.4 Å². The number of nitrogens with two attached hydrogens (primary N) is 1. The van der Waals surface area contributed by atoms with E-state index < -0.39 is 0 Å². The number of thiol groups is 1. The van der Waals surface area contributed by atoms with Crippen LogP contribution in [0.25, 0.3) is 21.6 Å². The van der Waals surface area contributed by atoms with E-state index in [-0.39, 0.29) is 5.95 Å². The number of anilines is 2. The Morgan fingerprint density at radius 2 is 1.94 bits per heavy atom. The zero-order valence-electron chi connectivity index (χ0n) is 18.5. The Bertz CT molecular complexity index is 1020. The highest BCUT2D eigenvalue weighted by Gasteiger charge is 2.22. The van der Waals surface area contributed by atoms with Gasteiger partial charge in [-0.15, -0.1) is 11.3 Å². The largest absolute Gasteiger partial charge is 0.378 e. The summed E-state index contributed by atoms with van der Waals surface area (Å²) in [5, 5.41) is 3.51. The van der Waals surface area contributed by atoms with Gasteiger partial charge in [0.1, 0.15) is 0 Å². The van der Waals surface area contributed by atoms with E-state index in [9.17, 15) is 0 Å². The third-order valence-corrected chi connectivity index (χ3v) is 6.58. The number of fused-ring (bicyclic) bond motifs is 1. The van der Waals surface area contributed by atoms with Crippen molar-refractivity contribution in [2.75, 3.05) is 62.8 Å². The maximum atomic E-state index is 5.65. The number of hydrogen-bond donors (Lipinski definition) is 3. The number of nitrogen functional groups attached to an aromatic ring is 1. The van der Waals surface area contributed by atoms with Gasteiger partial charge in [-0.25, -0.2) is 19.9 Å². The van der Waals surface area contributed by atoms with Gasteiger partial charge in [-0.05, 0) is 19.2 Å². The first kappa shape index (κ1) is 23.1. The highest BCUT2D eigenvalue weighted by Crippen LogP contribution is 2.35. The van der Waals surface area contributed by atoms with Crippen molar-refractivity contribution in [1.82, 2.24) is 30.2 Å². The molecular formula is C21H30N8OS2. The molecule has 0 bridgehead atoms. The van der Waals surface area contributed by atoms with Gasteiger partial charge in [0, 0.05) is 62.6 Å². The summed E-state index contributed by atoms with van der Waals surface area (Å²) in [5.41, 5.74) is 7.39. The molecule has 11 heteroatoms. The smallest absolute Gasteiger partial charge is 0.219 e. The fraction of sp³-hybridized carbons (Fsp3) is 0.524. The molecule has 2 aliphatic rings. The van der Waals surface area contributed by atoms with Crippen LogP contribution >= 0.6 is 24.0 Å². The fourth-order valence-electron chi connectivity index (χ4n) is 3.99. The SMILES string of the molecule is CS.C[C@H]1CN(Cc2cc3nc(-c4cnc(N)nc4)nc(N4CCOCC4)c3s2)CCN1. The molecular weight excluding hydrogens is 444 g/mol. The molecule has 0 aliphatic carbocycles. The molecule has 0 amide bonds. The van der Waals surface area contributed by atoms with Crippen LogP contribution in [0.15, 0.2) is 18.5 Å². The lowest BCUT2D eigenvalue weighted by Gasteiger charge is -2.31. The molecule has 1 atom stereocenters. The van der Waals surface area contributed by atoms with E-state index in [2.05, 4.69) is 50.7 Å². The maximum absolute atomic E-state index is 5.65. The fourth-order valence-corrected chi connectivity index (χ4v) is 5.15. The summed E-state index contributed by atoms with van der Waals surface area (Å²) < 4.78 is 6.68. The summed E-state index contributed by atoms with van der Waals surface area (Å²) in [5.74, 6) is 1.85. The van der Waals surface area contributed by atoms with Crippen LogP contribution in [-0.4, -0.2) is 83.1 Å². The third kappa shape index (κ3) is 5.29. The lowest BCUT2D eigenvalue weighted by molar-refractivity contribution is 0.122. The number of piperazine rings is 1. The Morgan fingerprint density at radius 1 is 1.19 bits per heavy atom. The van der Waals surface area contributed by atoms with Crippen LogP contribution in [0.1, 0.15) is 11.8 Å². The van der Waals surface area contributed by atoms with E-state index >= 15 is 0 Å². The van der Waals surface area contributed by atoms with E-state index in [1.807, 2.05) is 0 Å². The van der Waals surface area contributed by atoms with Crippen LogP contribution in [-0.2, 0) is 11.3 Å². The lowest BCUT2D eigenvalue weighted by atomic mass is 10.2. The summed E-state index contributed by atoms with van der Waals surface area (Å²) >= 11 is 5.33. The molecule has 9 nitrogen and oxygen atoms in total. The average Bonchev–Trinajstić information content (AvgIpc) is 3.23. The van der Waals surface area contributed by atoms with E-state index in [4.69, 9.17) is 20.4 Å². The van der Waals surface area contributed by atoms with Crippen molar-refractivity contribution in [2.45, 2.75) is 19.5 Å². The first-order valence-corrected chi connectivity index (χ1v) is 12.5. The molecule has 3 N–H and O–H groups in total. The number of morpholine rings is 1. The summed E-state index contributed by atoms with van der Waals surface area (Å²) in [6.45, 7) is 9.41.